The average molecular weight is 423 g/mol. The Hall–Kier alpha value is -4.19. The third kappa shape index (κ3) is 3.46. The highest BCUT2D eigenvalue weighted by Gasteiger charge is 2.19. The fourth-order valence-corrected chi connectivity index (χ4v) is 3.60. The quantitative estimate of drug-likeness (QED) is 0.352. The number of hydrogen-bond acceptors (Lipinski definition) is 5. The maximum Gasteiger partial charge on any atom is 0.258 e. The van der Waals surface area contributed by atoms with Crippen LogP contribution in [0.25, 0.3) is 33.9 Å². The number of carbonyl (C=O) groups excluding carboxylic acids is 1. The van der Waals surface area contributed by atoms with E-state index in [1.54, 1.807) is 48.7 Å². The number of aryl methyl sites for hydroxylation is 2. The summed E-state index contributed by atoms with van der Waals surface area (Å²) in [6.07, 6.45) is 3.18. The van der Waals surface area contributed by atoms with Gasteiger partial charge in [0.15, 0.2) is 11.5 Å². The van der Waals surface area contributed by atoms with E-state index in [1.807, 2.05) is 43.3 Å². The van der Waals surface area contributed by atoms with Crippen LogP contribution in [0.5, 0.6) is 0 Å². The van der Waals surface area contributed by atoms with Crippen molar-refractivity contribution in [2.45, 2.75) is 13.8 Å². The Labute approximate surface area is 185 Å². The van der Waals surface area contributed by atoms with Gasteiger partial charge in [-0.3, -0.25) is 4.79 Å². The van der Waals surface area contributed by atoms with Crippen molar-refractivity contribution < 1.29 is 13.6 Å². The van der Waals surface area contributed by atoms with Crippen molar-refractivity contribution in [3.8, 4) is 22.9 Å². The van der Waals surface area contributed by atoms with Crippen molar-refractivity contribution in [1.82, 2.24) is 9.97 Å². The molecule has 2 aromatic carbocycles. The lowest BCUT2D eigenvalue weighted by Crippen LogP contribution is -2.26. The summed E-state index contributed by atoms with van der Waals surface area (Å²) in [4.78, 5) is 24.4. The van der Waals surface area contributed by atoms with Crippen LogP contribution in [0.3, 0.4) is 0 Å². The lowest BCUT2D eigenvalue weighted by Gasteiger charge is -2.19. The maximum absolute atomic E-state index is 13.2. The third-order valence-electron chi connectivity index (χ3n) is 5.60. The van der Waals surface area contributed by atoms with Gasteiger partial charge < -0.3 is 13.7 Å². The first-order chi connectivity index (χ1) is 15.5. The van der Waals surface area contributed by atoms with Crippen molar-refractivity contribution in [2.24, 2.45) is 0 Å². The Kier molecular flexibility index (Phi) is 4.82. The number of rotatable bonds is 4. The third-order valence-corrected chi connectivity index (χ3v) is 5.60. The van der Waals surface area contributed by atoms with Gasteiger partial charge in [-0.15, -0.1) is 0 Å². The van der Waals surface area contributed by atoms with Gasteiger partial charge in [0.25, 0.3) is 5.91 Å². The molecular formula is C26H21N3O3. The van der Waals surface area contributed by atoms with Gasteiger partial charge in [-0.1, -0.05) is 6.07 Å². The highest BCUT2D eigenvalue weighted by molar-refractivity contribution is 6.07. The predicted octanol–water partition coefficient (Wildman–Crippen LogP) is 6.04. The average Bonchev–Trinajstić information content (AvgIpc) is 3.53. The number of aromatic nitrogens is 2. The summed E-state index contributed by atoms with van der Waals surface area (Å²) in [5.41, 5.74) is 6.11. The van der Waals surface area contributed by atoms with Crippen LogP contribution in [0.15, 0.2) is 82.0 Å². The zero-order valence-corrected chi connectivity index (χ0v) is 18.0. The predicted molar refractivity (Wildman–Crippen MR) is 124 cm³/mol. The minimum absolute atomic E-state index is 0.119. The standard InChI is InChI=1S/C26H21N3O3/c1-16-8-10-19(14-17(16)2)29(3)26(30)18-9-11-20-21(15-18)28-25(23-7-5-13-32-23)24(27-20)22-6-4-12-31-22/h4-15H,1-3H3. The van der Waals surface area contributed by atoms with Crippen LogP contribution < -0.4 is 4.90 Å². The van der Waals surface area contributed by atoms with Crippen LogP contribution >= 0.6 is 0 Å². The summed E-state index contributed by atoms with van der Waals surface area (Å²) in [5, 5.41) is 0. The van der Waals surface area contributed by atoms with Gasteiger partial charge in [0.1, 0.15) is 11.4 Å². The van der Waals surface area contributed by atoms with Gasteiger partial charge in [-0.2, -0.15) is 0 Å². The van der Waals surface area contributed by atoms with Crippen LogP contribution in [-0.4, -0.2) is 22.9 Å². The first-order valence-corrected chi connectivity index (χ1v) is 10.3. The molecule has 0 radical (unpaired) electrons. The van der Waals surface area contributed by atoms with Crippen molar-refractivity contribution in [2.75, 3.05) is 11.9 Å². The Balaban J connectivity index is 1.58. The number of furan rings is 2. The molecule has 0 saturated carbocycles. The Morgan fingerprint density at radius 1 is 0.781 bits per heavy atom. The summed E-state index contributed by atoms with van der Waals surface area (Å²) in [6, 6.07) is 18.6. The Morgan fingerprint density at radius 2 is 1.44 bits per heavy atom. The first kappa shape index (κ1) is 19.8. The van der Waals surface area contributed by atoms with Gasteiger partial charge in [0, 0.05) is 18.3 Å². The van der Waals surface area contributed by atoms with Crippen molar-refractivity contribution >= 4 is 22.6 Å². The van der Waals surface area contributed by atoms with Gasteiger partial charge in [0.05, 0.1) is 23.6 Å². The van der Waals surface area contributed by atoms with E-state index in [9.17, 15) is 4.79 Å². The molecule has 0 bridgehead atoms. The summed E-state index contributed by atoms with van der Waals surface area (Å²) < 4.78 is 11.1. The van der Waals surface area contributed by atoms with E-state index in [2.05, 4.69) is 6.92 Å². The Morgan fingerprint density at radius 3 is 2.03 bits per heavy atom. The molecule has 0 saturated heterocycles. The van der Waals surface area contributed by atoms with Crippen LogP contribution in [0.1, 0.15) is 21.5 Å². The van der Waals surface area contributed by atoms with E-state index < -0.39 is 0 Å². The molecule has 5 rings (SSSR count). The lowest BCUT2D eigenvalue weighted by molar-refractivity contribution is 0.0993. The molecule has 0 unspecified atom stereocenters. The van der Waals surface area contributed by atoms with E-state index in [1.165, 1.54) is 5.56 Å². The fourth-order valence-electron chi connectivity index (χ4n) is 3.60. The molecular weight excluding hydrogens is 402 g/mol. The topological polar surface area (TPSA) is 72.4 Å². The number of nitrogens with zero attached hydrogens (tertiary/aromatic N) is 3. The molecule has 0 aliphatic rings. The minimum Gasteiger partial charge on any atom is -0.463 e. The van der Waals surface area contributed by atoms with E-state index in [0.29, 0.717) is 39.5 Å². The molecule has 0 aliphatic carbocycles. The molecule has 0 N–H and O–H groups in total. The maximum atomic E-state index is 13.2. The van der Waals surface area contributed by atoms with Crippen LogP contribution in [0.2, 0.25) is 0 Å². The molecule has 1 amide bonds. The fraction of sp³-hybridized carbons (Fsp3) is 0.115. The molecule has 0 atom stereocenters. The lowest BCUT2D eigenvalue weighted by atomic mass is 10.1. The molecule has 5 aromatic rings. The summed E-state index contributed by atoms with van der Waals surface area (Å²) in [5.74, 6) is 1.06. The molecule has 3 heterocycles. The van der Waals surface area contributed by atoms with Gasteiger partial charge in [0.2, 0.25) is 0 Å². The first-order valence-electron chi connectivity index (χ1n) is 10.3. The molecule has 158 valence electrons. The molecule has 0 aliphatic heterocycles. The molecule has 0 spiro atoms. The SMILES string of the molecule is Cc1ccc(N(C)C(=O)c2ccc3nc(-c4ccco4)c(-c4ccco4)nc3c2)cc1C. The smallest absolute Gasteiger partial charge is 0.258 e. The minimum atomic E-state index is -0.119. The zero-order chi connectivity index (χ0) is 22.2. The number of benzene rings is 2. The summed E-state index contributed by atoms with van der Waals surface area (Å²) in [6.45, 7) is 4.09. The van der Waals surface area contributed by atoms with Gasteiger partial charge in [-0.05, 0) is 79.6 Å². The van der Waals surface area contributed by atoms with Crippen LogP contribution in [-0.2, 0) is 0 Å². The highest BCUT2D eigenvalue weighted by atomic mass is 16.3. The van der Waals surface area contributed by atoms with E-state index in [0.717, 1.165) is 11.3 Å². The summed E-state index contributed by atoms with van der Waals surface area (Å²) >= 11 is 0. The van der Waals surface area contributed by atoms with E-state index in [-0.39, 0.29) is 5.91 Å². The van der Waals surface area contributed by atoms with Crippen LogP contribution in [0.4, 0.5) is 5.69 Å². The van der Waals surface area contributed by atoms with Crippen molar-refractivity contribution in [3.63, 3.8) is 0 Å². The highest BCUT2D eigenvalue weighted by Crippen LogP contribution is 2.32. The second kappa shape index (κ2) is 7.81. The zero-order valence-electron chi connectivity index (χ0n) is 18.0. The van der Waals surface area contributed by atoms with Crippen molar-refractivity contribution in [3.05, 3.63) is 89.9 Å². The van der Waals surface area contributed by atoms with E-state index >= 15 is 0 Å². The normalized spacial score (nSPS) is 11.1. The Bertz CT molecular complexity index is 1420. The van der Waals surface area contributed by atoms with Crippen molar-refractivity contribution in [1.29, 1.82) is 0 Å². The number of fused-ring (bicyclic) bond motifs is 1. The summed E-state index contributed by atoms with van der Waals surface area (Å²) in [7, 11) is 1.77. The van der Waals surface area contributed by atoms with Gasteiger partial charge in [-0.25, -0.2) is 9.97 Å². The molecule has 6 heteroatoms. The molecule has 3 aromatic heterocycles. The second-order valence-electron chi connectivity index (χ2n) is 7.71. The molecule has 0 fully saturated rings. The van der Waals surface area contributed by atoms with Gasteiger partial charge >= 0.3 is 0 Å². The largest absolute Gasteiger partial charge is 0.463 e. The van der Waals surface area contributed by atoms with Crippen LogP contribution in [0, 0.1) is 13.8 Å². The number of anilines is 1. The molecule has 6 nitrogen and oxygen atoms in total. The number of carbonyl (C=O) groups is 1. The number of amides is 1. The van der Waals surface area contributed by atoms with E-state index in [4.69, 9.17) is 18.8 Å². The monoisotopic (exact) mass is 423 g/mol. The molecule has 32 heavy (non-hydrogen) atoms. The second-order valence-corrected chi connectivity index (χ2v) is 7.71. The number of hydrogen-bond donors (Lipinski definition) is 0.